The van der Waals surface area contributed by atoms with Gasteiger partial charge in [-0.3, -0.25) is 0 Å². The highest BCUT2D eigenvalue weighted by molar-refractivity contribution is 8.01. The molecule has 0 saturated carbocycles. The molecule has 2 aromatic carbocycles. The van der Waals surface area contributed by atoms with Gasteiger partial charge in [-0.1, -0.05) is 41.3 Å². The zero-order chi connectivity index (χ0) is 17.3. The molecular weight excluding hydrogens is 354 g/mol. The molecule has 3 rings (SSSR count). The highest BCUT2D eigenvalue weighted by Gasteiger charge is 2.05. The van der Waals surface area contributed by atoms with Gasteiger partial charge in [-0.15, -0.1) is 10.2 Å². The molecule has 7 heteroatoms. The maximum absolute atomic E-state index is 5.68. The second-order valence-electron chi connectivity index (χ2n) is 5.09. The number of benzene rings is 2. The van der Waals surface area contributed by atoms with Crippen molar-refractivity contribution in [3.05, 3.63) is 54.6 Å². The Kier molecular flexibility index (Phi) is 6.53. The second kappa shape index (κ2) is 9.29. The molecule has 0 aliphatic carbocycles. The summed E-state index contributed by atoms with van der Waals surface area (Å²) in [5.41, 5.74) is 0.963. The van der Waals surface area contributed by atoms with Gasteiger partial charge in [0.25, 0.3) is 0 Å². The molecule has 0 aliphatic heterocycles. The van der Waals surface area contributed by atoms with Gasteiger partial charge in [0.15, 0.2) is 4.34 Å². The molecule has 1 heterocycles. The molecule has 1 N–H and O–H groups in total. The quantitative estimate of drug-likeness (QED) is 0.427. The van der Waals surface area contributed by atoms with Gasteiger partial charge in [-0.2, -0.15) is 0 Å². The predicted molar refractivity (Wildman–Crippen MR) is 103 cm³/mol. The average molecular weight is 374 g/mol. The lowest BCUT2D eigenvalue weighted by Crippen LogP contribution is -1.98. The summed E-state index contributed by atoms with van der Waals surface area (Å²) in [7, 11) is 1.65. The van der Waals surface area contributed by atoms with E-state index in [2.05, 4.69) is 15.5 Å². The van der Waals surface area contributed by atoms with Gasteiger partial charge in [-0.25, -0.2) is 0 Å². The molecule has 1 aromatic heterocycles. The van der Waals surface area contributed by atoms with E-state index in [1.165, 1.54) is 0 Å². The van der Waals surface area contributed by atoms with Crippen molar-refractivity contribution < 1.29 is 9.47 Å². The number of rotatable bonds is 9. The van der Waals surface area contributed by atoms with Crippen molar-refractivity contribution in [3.8, 4) is 11.5 Å². The normalized spacial score (nSPS) is 10.4. The molecule has 0 bridgehead atoms. The van der Waals surface area contributed by atoms with Crippen LogP contribution >= 0.6 is 23.1 Å². The third kappa shape index (κ3) is 5.65. The lowest BCUT2D eigenvalue weighted by molar-refractivity contribution is 0.318. The van der Waals surface area contributed by atoms with Crippen LogP contribution in [0.3, 0.4) is 0 Å². The number of hydrogen-bond acceptors (Lipinski definition) is 7. The van der Waals surface area contributed by atoms with E-state index in [0.717, 1.165) is 38.8 Å². The number of thioether (sulfide) groups is 1. The Morgan fingerprint density at radius 3 is 2.56 bits per heavy atom. The van der Waals surface area contributed by atoms with Crippen LogP contribution in [0.2, 0.25) is 0 Å². The summed E-state index contributed by atoms with van der Waals surface area (Å²) in [6.45, 7) is 0.701. The first-order valence-electron chi connectivity index (χ1n) is 7.89. The number of nitrogens with zero attached hydrogens (tertiary/aromatic N) is 2. The number of ether oxygens (including phenoxy) is 2. The van der Waals surface area contributed by atoms with Crippen LogP contribution < -0.4 is 14.8 Å². The molecule has 5 nitrogen and oxygen atoms in total. The van der Waals surface area contributed by atoms with E-state index in [0.29, 0.717) is 6.61 Å². The van der Waals surface area contributed by atoms with Gasteiger partial charge >= 0.3 is 0 Å². The van der Waals surface area contributed by atoms with Crippen LogP contribution in [0.1, 0.15) is 6.42 Å². The largest absolute Gasteiger partial charge is 0.497 e. The summed E-state index contributed by atoms with van der Waals surface area (Å²) in [6, 6.07) is 17.6. The molecule has 25 heavy (non-hydrogen) atoms. The standard InChI is InChI=1S/C18H19N3O2S2/c1-22-15-10-8-14(9-11-15)19-17-20-21-18(25-17)24-13-5-12-23-16-6-3-2-4-7-16/h2-4,6-11H,5,12-13H2,1H3,(H,19,20). The smallest absolute Gasteiger partial charge is 0.210 e. The summed E-state index contributed by atoms with van der Waals surface area (Å²) < 4.78 is 11.8. The Hall–Kier alpha value is -2.25. The molecule has 0 saturated heterocycles. The zero-order valence-electron chi connectivity index (χ0n) is 13.8. The molecule has 0 atom stereocenters. The van der Waals surface area contributed by atoms with Crippen molar-refractivity contribution in [1.82, 2.24) is 10.2 Å². The van der Waals surface area contributed by atoms with Crippen LogP contribution in [-0.4, -0.2) is 29.7 Å². The fourth-order valence-electron chi connectivity index (χ4n) is 2.04. The maximum Gasteiger partial charge on any atom is 0.210 e. The molecule has 0 fully saturated rings. The Bertz CT molecular complexity index is 764. The van der Waals surface area contributed by atoms with E-state index in [-0.39, 0.29) is 0 Å². The number of hydrogen-bond donors (Lipinski definition) is 1. The van der Waals surface area contributed by atoms with Crippen LogP contribution in [0.25, 0.3) is 0 Å². The minimum Gasteiger partial charge on any atom is -0.497 e. The van der Waals surface area contributed by atoms with E-state index in [4.69, 9.17) is 9.47 Å². The Balaban J connectivity index is 1.39. The SMILES string of the molecule is COc1ccc(Nc2nnc(SCCCOc3ccccc3)s2)cc1. The summed E-state index contributed by atoms with van der Waals surface area (Å²) in [6.07, 6.45) is 0.959. The van der Waals surface area contributed by atoms with Crippen LogP contribution in [-0.2, 0) is 0 Å². The van der Waals surface area contributed by atoms with Gasteiger partial charge in [0.2, 0.25) is 5.13 Å². The van der Waals surface area contributed by atoms with Crippen LogP contribution in [0.4, 0.5) is 10.8 Å². The Morgan fingerprint density at radius 1 is 1.00 bits per heavy atom. The first kappa shape index (κ1) is 17.6. The molecule has 0 amide bonds. The minimum atomic E-state index is 0.701. The maximum atomic E-state index is 5.68. The fraction of sp³-hybridized carbons (Fsp3) is 0.222. The van der Waals surface area contributed by atoms with E-state index < -0.39 is 0 Å². The van der Waals surface area contributed by atoms with Crippen LogP contribution in [0.15, 0.2) is 58.9 Å². The molecule has 0 spiro atoms. The topological polar surface area (TPSA) is 56.3 Å². The van der Waals surface area contributed by atoms with Crippen molar-refractivity contribution in [2.75, 3.05) is 24.8 Å². The molecule has 0 unspecified atom stereocenters. The second-order valence-corrected chi connectivity index (χ2v) is 7.41. The van der Waals surface area contributed by atoms with E-state index in [1.807, 2.05) is 54.6 Å². The molecular formula is C18H19N3O2S2. The number of methoxy groups -OCH3 is 1. The van der Waals surface area contributed by atoms with E-state index in [1.54, 1.807) is 30.2 Å². The predicted octanol–water partition coefficient (Wildman–Crippen LogP) is 4.85. The fourth-order valence-corrected chi connectivity index (χ4v) is 3.80. The van der Waals surface area contributed by atoms with Gasteiger partial charge in [0.05, 0.1) is 13.7 Å². The Labute approximate surface area is 155 Å². The third-order valence-corrected chi connectivity index (χ3v) is 5.33. The van der Waals surface area contributed by atoms with Crippen LogP contribution in [0, 0.1) is 0 Å². The average Bonchev–Trinajstić information content (AvgIpc) is 3.10. The number of aromatic nitrogens is 2. The summed E-state index contributed by atoms with van der Waals surface area (Å²) in [5.74, 6) is 2.69. The van der Waals surface area contributed by atoms with E-state index >= 15 is 0 Å². The molecule has 130 valence electrons. The van der Waals surface area contributed by atoms with Crippen LogP contribution in [0.5, 0.6) is 11.5 Å². The molecule has 3 aromatic rings. The number of para-hydroxylation sites is 1. The van der Waals surface area contributed by atoms with Crippen molar-refractivity contribution in [1.29, 1.82) is 0 Å². The summed E-state index contributed by atoms with van der Waals surface area (Å²) in [4.78, 5) is 0. The summed E-state index contributed by atoms with van der Waals surface area (Å²) >= 11 is 3.25. The third-order valence-electron chi connectivity index (χ3n) is 3.27. The van der Waals surface area contributed by atoms with Gasteiger partial charge in [0.1, 0.15) is 11.5 Å². The first-order valence-corrected chi connectivity index (χ1v) is 9.69. The van der Waals surface area contributed by atoms with Gasteiger partial charge in [0, 0.05) is 11.4 Å². The first-order chi connectivity index (χ1) is 12.3. The highest BCUT2D eigenvalue weighted by atomic mass is 32.2. The lowest BCUT2D eigenvalue weighted by atomic mass is 10.3. The monoisotopic (exact) mass is 373 g/mol. The van der Waals surface area contributed by atoms with Crippen molar-refractivity contribution in [2.24, 2.45) is 0 Å². The lowest BCUT2D eigenvalue weighted by Gasteiger charge is -2.04. The highest BCUT2D eigenvalue weighted by Crippen LogP contribution is 2.28. The van der Waals surface area contributed by atoms with Crippen molar-refractivity contribution in [2.45, 2.75) is 10.8 Å². The molecule has 0 aliphatic rings. The van der Waals surface area contributed by atoms with E-state index in [9.17, 15) is 0 Å². The van der Waals surface area contributed by atoms with Crippen molar-refractivity contribution >= 4 is 33.9 Å². The Morgan fingerprint density at radius 2 is 1.80 bits per heavy atom. The summed E-state index contributed by atoms with van der Waals surface area (Å²) in [5, 5.41) is 12.4. The number of anilines is 2. The zero-order valence-corrected chi connectivity index (χ0v) is 15.5. The van der Waals surface area contributed by atoms with Crippen molar-refractivity contribution in [3.63, 3.8) is 0 Å². The number of nitrogens with one attached hydrogen (secondary N) is 1. The minimum absolute atomic E-state index is 0.701. The molecule has 0 radical (unpaired) electrons. The van der Waals surface area contributed by atoms with Gasteiger partial charge < -0.3 is 14.8 Å². The van der Waals surface area contributed by atoms with Gasteiger partial charge in [-0.05, 0) is 42.8 Å².